The fourth-order valence-electron chi connectivity index (χ4n) is 3.78. The zero-order chi connectivity index (χ0) is 17.5. The third kappa shape index (κ3) is 5.17. The van der Waals surface area contributed by atoms with Gasteiger partial charge < -0.3 is 15.1 Å². The van der Waals surface area contributed by atoms with Crippen molar-refractivity contribution in [1.82, 2.24) is 15.5 Å². The van der Waals surface area contributed by atoms with Gasteiger partial charge in [-0.1, -0.05) is 6.42 Å². The topological polar surface area (TPSA) is 52.8 Å². The lowest BCUT2D eigenvalue weighted by atomic mass is 10.1. The number of furan rings is 1. The second kappa shape index (κ2) is 8.99. The van der Waals surface area contributed by atoms with Gasteiger partial charge >= 0.3 is 0 Å². The summed E-state index contributed by atoms with van der Waals surface area (Å²) in [6.07, 6.45) is 8.28. The van der Waals surface area contributed by atoms with Gasteiger partial charge in [-0.15, -0.1) is 0 Å². The van der Waals surface area contributed by atoms with Crippen LogP contribution < -0.4 is 10.6 Å². The van der Waals surface area contributed by atoms with Crippen LogP contribution >= 0.6 is 11.8 Å². The van der Waals surface area contributed by atoms with Gasteiger partial charge in [0, 0.05) is 24.9 Å². The van der Waals surface area contributed by atoms with Gasteiger partial charge in [-0.05, 0) is 63.6 Å². The van der Waals surface area contributed by atoms with Gasteiger partial charge in [0.1, 0.15) is 5.76 Å². The number of hydrogen-bond acceptors (Lipinski definition) is 4. The SMILES string of the molecule is CN=C(NCC(c1ccco1)N1CCCCC1)NCC1(C)CCCS1. The molecule has 0 aliphatic carbocycles. The number of guanidine groups is 1. The van der Waals surface area contributed by atoms with Crippen molar-refractivity contribution < 1.29 is 4.42 Å². The van der Waals surface area contributed by atoms with Crippen LogP contribution in [-0.4, -0.2) is 54.6 Å². The molecule has 0 spiro atoms. The van der Waals surface area contributed by atoms with Crippen molar-refractivity contribution in [1.29, 1.82) is 0 Å². The fraction of sp³-hybridized carbons (Fsp3) is 0.737. The van der Waals surface area contributed by atoms with Gasteiger partial charge in [0.25, 0.3) is 0 Å². The molecule has 0 saturated carbocycles. The van der Waals surface area contributed by atoms with Crippen molar-refractivity contribution in [2.75, 3.05) is 39.0 Å². The van der Waals surface area contributed by atoms with E-state index in [1.807, 2.05) is 13.1 Å². The number of nitrogens with one attached hydrogen (secondary N) is 2. The molecular weight excluding hydrogens is 332 g/mol. The van der Waals surface area contributed by atoms with Crippen LogP contribution in [0.3, 0.4) is 0 Å². The van der Waals surface area contributed by atoms with E-state index in [0.717, 1.165) is 37.9 Å². The first kappa shape index (κ1) is 18.6. The summed E-state index contributed by atoms with van der Waals surface area (Å²) in [5.74, 6) is 3.21. The number of nitrogens with zero attached hydrogens (tertiary/aromatic N) is 2. The molecule has 0 amide bonds. The monoisotopic (exact) mass is 364 g/mol. The quantitative estimate of drug-likeness (QED) is 0.599. The van der Waals surface area contributed by atoms with Crippen LogP contribution in [0, 0.1) is 0 Å². The molecule has 2 N–H and O–H groups in total. The molecule has 2 atom stereocenters. The molecule has 2 aliphatic rings. The summed E-state index contributed by atoms with van der Waals surface area (Å²) in [5, 5.41) is 7.05. The molecule has 0 aromatic carbocycles. The van der Waals surface area contributed by atoms with Crippen LogP contribution in [0.1, 0.15) is 50.8 Å². The molecule has 2 unspecified atom stereocenters. The van der Waals surface area contributed by atoms with Crippen LogP contribution in [0.5, 0.6) is 0 Å². The minimum Gasteiger partial charge on any atom is -0.468 e. The Morgan fingerprint density at radius 1 is 1.32 bits per heavy atom. The molecule has 1 aromatic rings. The summed E-state index contributed by atoms with van der Waals surface area (Å²) in [6.45, 7) is 6.43. The Kier molecular flexibility index (Phi) is 6.70. The summed E-state index contributed by atoms with van der Waals surface area (Å²) in [6, 6.07) is 4.34. The molecule has 140 valence electrons. The minimum absolute atomic E-state index is 0.269. The summed E-state index contributed by atoms with van der Waals surface area (Å²) in [5.41, 5.74) is 0. The molecule has 25 heavy (non-hydrogen) atoms. The molecule has 3 rings (SSSR count). The number of thioether (sulfide) groups is 1. The Morgan fingerprint density at radius 3 is 2.80 bits per heavy atom. The van der Waals surface area contributed by atoms with Crippen molar-refractivity contribution in [3.05, 3.63) is 24.2 Å². The number of piperidine rings is 1. The first-order valence-corrected chi connectivity index (χ1v) is 10.5. The highest BCUT2D eigenvalue weighted by molar-refractivity contribution is 8.00. The molecule has 2 saturated heterocycles. The average Bonchev–Trinajstić information content (AvgIpc) is 3.31. The van der Waals surface area contributed by atoms with E-state index in [9.17, 15) is 0 Å². The Bertz CT molecular complexity index is 534. The first-order chi connectivity index (χ1) is 12.2. The molecule has 2 aliphatic heterocycles. The highest BCUT2D eigenvalue weighted by Crippen LogP contribution is 2.36. The molecule has 1 aromatic heterocycles. The Morgan fingerprint density at radius 2 is 2.16 bits per heavy atom. The van der Waals surface area contributed by atoms with Crippen LogP contribution in [0.25, 0.3) is 0 Å². The van der Waals surface area contributed by atoms with Crippen molar-refractivity contribution in [3.8, 4) is 0 Å². The van der Waals surface area contributed by atoms with Crippen LogP contribution in [0.2, 0.25) is 0 Å². The summed E-state index contributed by atoms with van der Waals surface area (Å²) >= 11 is 2.07. The Balaban J connectivity index is 1.55. The van der Waals surface area contributed by atoms with E-state index in [2.05, 4.69) is 45.3 Å². The maximum absolute atomic E-state index is 5.73. The summed E-state index contributed by atoms with van der Waals surface area (Å²) in [4.78, 5) is 6.95. The Labute approximate surface area is 156 Å². The third-order valence-electron chi connectivity index (χ3n) is 5.32. The van der Waals surface area contributed by atoms with Crippen molar-refractivity contribution in [2.45, 2.75) is 49.8 Å². The molecule has 0 radical (unpaired) electrons. The van der Waals surface area contributed by atoms with Gasteiger partial charge in [0.15, 0.2) is 5.96 Å². The van der Waals surface area contributed by atoms with Crippen LogP contribution in [0.4, 0.5) is 0 Å². The average molecular weight is 365 g/mol. The third-order valence-corrected chi connectivity index (χ3v) is 6.86. The Hall–Kier alpha value is -1.14. The molecule has 3 heterocycles. The highest BCUT2D eigenvalue weighted by atomic mass is 32.2. The predicted octanol–water partition coefficient (Wildman–Crippen LogP) is 3.26. The van der Waals surface area contributed by atoms with E-state index in [-0.39, 0.29) is 6.04 Å². The van der Waals surface area contributed by atoms with E-state index >= 15 is 0 Å². The van der Waals surface area contributed by atoms with E-state index in [1.165, 1.54) is 37.9 Å². The van der Waals surface area contributed by atoms with Gasteiger partial charge in [0.2, 0.25) is 0 Å². The van der Waals surface area contributed by atoms with Gasteiger partial charge in [-0.3, -0.25) is 9.89 Å². The predicted molar refractivity (Wildman–Crippen MR) is 106 cm³/mol. The maximum Gasteiger partial charge on any atom is 0.191 e. The molecule has 2 fully saturated rings. The van der Waals surface area contributed by atoms with Crippen molar-refractivity contribution in [3.63, 3.8) is 0 Å². The summed E-state index contributed by atoms with van der Waals surface area (Å²) < 4.78 is 6.07. The number of hydrogen-bond donors (Lipinski definition) is 2. The minimum atomic E-state index is 0.269. The van der Waals surface area contributed by atoms with Crippen molar-refractivity contribution in [2.24, 2.45) is 4.99 Å². The smallest absolute Gasteiger partial charge is 0.191 e. The molecule has 6 heteroatoms. The highest BCUT2D eigenvalue weighted by Gasteiger charge is 2.30. The summed E-state index contributed by atoms with van der Waals surface area (Å²) in [7, 11) is 1.85. The lowest BCUT2D eigenvalue weighted by Crippen LogP contribution is -2.47. The normalized spacial score (nSPS) is 26.6. The molecule has 5 nitrogen and oxygen atoms in total. The zero-order valence-electron chi connectivity index (χ0n) is 15.6. The van der Waals surface area contributed by atoms with Crippen molar-refractivity contribution >= 4 is 17.7 Å². The van der Waals surface area contributed by atoms with Crippen LogP contribution in [0.15, 0.2) is 27.8 Å². The van der Waals surface area contributed by atoms with E-state index in [4.69, 9.17) is 4.42 Å². The second-order valence-electron chi connectivity index (χ2n) is 7.34. The van der Waals surface area contributed by atoms with Gasteiger partial charge in [0.05, 0.1) is 12.3 Å². The standard InChI is InChI=1S/C19H32N4OS/c1-19(9-7-13-25-19)15-22-18(20-2)21-14-16(17-8-6-12-24-17)23-10-4-3-5-11-23/h6,8,12,16H,3-5,7,9-11,13-15H2,1-2H3,(H2,20,21,22). The van der Waals surface area contributed by atoms with Gasteiger partial charge in [-0.2, -0.15) is 11.8 Å². The van der Waals surface area contributed by atoms with E-state index < -0.39 is 0 Å². The van der Waals surface area contributed by atoms with Crippen LogP contribution in [-0.2, 0) is 0 Å². The lowest BCUT2D eigenvalue weighted by molar-refractivity contribution is 0.146. The lowest BCUT2D eigenvalue weighted by Gasteiger charge is -2.34. The first-order valence-electron chi connectivity index (χ1n) is 9.56. The van der Waals surface area contributed by atoms with E-state index in [1.54, 1.807) is 6.26 Å². The number of rotatable bonds is 6. The largest absolute Gasteiger partial charge is 0.468 e. The number of aliphatic imine (C=N–C) groups is 1. The fourth-order valence-corrected chi connectivity index (χ4v) is 5.03. The van der Waals surface area contributed by atoms with Gasteiger partial charge in [-0.25, -0.2) is 0 Å². The van der Waals surface area contributed by atoms with E-state index in [0.29, 0.717) is 4.75 Å². The molecular formula is C19H32N4OS. The maximum atomic E-state index is 5.73. The zero-order valence-corrected chi connectivity index (χ0v) is 16.4. The number of likely N-dealkylation sites (tertiary alicyclic amines) is 1. The molecule has 0 bridgehead atoms. The second-order valence-corrected chi connectivity index (χ2v) is 9.02.